The molecule has 0 aliphatic heterocycles. The van der Waals surface area contributed by atoms with E-state index in [1.165, 1.54) is 5.39 Å². The highest BCUT2D eigenvalue weighted by Gasteiger charge is 2.05. The quantitative estimate of drug-likeness (QED) is 0.485. The maximum atomic E-state index is 12.0. The van der Waals surface area contributed by atoms with Gasteiger partial charge in [0.1, 0.15) is 0 Å². The first kappa shape index (κ1) is 9.22. The lowest BCUT2D eigenvalue weighted by Gasteiger charge is -2.04. The van der Waals surface area contributed by atoms with E-state index in [9.17, 15) is 5.11 Å². The molecule has 3 rings (SSSR count). The number of rotatable bonds is 0. The second-order valence-corrected chi connectivity index (χ2v) is 4.13. The van der Waals surface area contributed by atoms with Crippen LogP contribution in [0.1, 0.15) is 5.56 Å². The minimum atomic E-state index is 0.142. The van der Waals surface area contributed by atoms with Crippen LogP contribution >= 0.6 is 0 Å². The van der Waals surface area contributed by atoms with Gasteiger partial charge in [-0.05, 0) is 40.8 Å². The van der Waals surface area contributed by atoms with Crippen molar-refractivity contribution in [2.45, 2.75) is 6.92 Å². The van der Waals surface area contributed by atoms with Gasteiger partial charge in [0.05, 0.1) is 0 Å². The summed E-state index contributed by atoms with van der Waals surface area (Å²) in [4.78, 5) is 0. The molecule has 0 fully saturated rings. The van der Waals surface area contributed by atoms with Crippen LogP contribution in [-0.4, -0.2) is 0 Å². The van der Waals surface area contributed by atoms with Crippen LogP contribution in [0.25, 0.3) is 21.5 Å². The van der Waals surface area contributed by atoms with Gasteiger partial charge in [-0.15, -0.1) is 0 Å². The SMILES string of the molecule is Cc1ccc2cc3ccccc3cc2c1[O]. The highest BCUT2D eigenvalue weighted by Crippen LogP contribution is 2.31. The number of hydrogen-bond acceptors (Lipinski definition) is 0. The fraction of sp³-hybridized carbons (Fsp3) is 0.0667. The van der Waals surface area contributed by atoms with Crippen molar-refractivity contribution in [2.24, 2.45) is 0 Å². The zero-order chi connectivity index (χ0) is 11.1. The zero-order valence-corrected chi connectivity index (χ0v) is 9.03. The second kappa shape index (κ2) is 3.24. The topological polar surface area (TPSA) is 19.9 Å². The van der Waals surface area contributed by atoms with Gasteiger partial charge in [-0.3, -0.25) is 5.11 Å². The maximum absolute atomic E-state index is 12.0. The summed E-state index contributed by atoms with van der Waals surface area (Å²) in [6.45, 7) is 1.86. The van der Waals surface area contributed by atoms with E-state index in [0.717, 1.165) is 21.7 Å². The molecule has 1 radical (unpaired) electrons. The first-order valence-electron chi connectivity index (χ1n) is 5.35. The third kappa shape index (κ3) is 1.25. The fourth-order valence-corrected chi connectivity index (χ4v) is 2.10. The summed E-state index contributed by atoms with van der Waals surface area (Å²) in [6, 6.07) is 16.1. The molecule has 0 aromatic heterocycles. The highest BCUT2D eigenvalue weighted by atomic mass is 16.3. The Hall–Kier alpha value is -2.02. The number of fused-ring (bicyclic) bond motifs is 2. The van der Waals surface area contributed by atoms with Crippen LogP contribution in [0.5, 0.6) is 5.75 Å². The van der Waals surface area contributed by atoms with Crippen LogP contribution in [0.2, 0.25) is 0 Å². The van der Waals surface area contributed by atoms with E-state index in [1.54, 1.807) is 0 Å². The molecule has 0 atom stereocenters. The minimum Gasteiger partial charge on any atom is -0.289 e. The molecule has 1 nitrogen and oxygen atoms in total. The van der Waals surface area contributed by atoms with Crippen LogP contribution in [0, 0.1) is 6.92 Å². The molecular weight excluding hydrogens is 196 g/mol. The molecule has 0 aliphatic rings. The number of hydrogen-bond donors (Lipinski definition) is 0. The van der Waals surface area contributed by atoms with Gasteiger partial charge in [-0.25, -0.2) is 0 Å². The van der Waals surface area contributed by atoms with Crippen molar-refractivity contribution in [3.8, 4) is 5.75 Å². The van der Waals surface area contributed by atoms with E-state index in [1.807, 2.05) is 43.3 Å². The molecule has 0 saturated heterocycles. The van der Waals surface area contributed by atoms with E-state index in [2.05, 4.69) is 12.1 Å². The monoisotopic (exact) mass is 207 g/mol. The first-order valence-corrected chi connectivity index (χ1v) is 5.35. The molecule has 3 aromatic rings. The lowest BCUT2D eigenvalue weighted by Crippen LogP contribution is -1.79. The van der Waals surface area contributed by atoms with Gasteiger partial charge < -0.3 is 0 Å². The molecule has 0 unspecified atom stereocenters. The summed E-state index contributed by atoms with van der Waals surface area (Å²) in [6.07, 6.45) is 0. The smallest absolute Gasteiger partial charge is 0.189 e. The number of benzene rings is 3. The van der Waals surface area contributed by atoms with Gasteiger partial charge >= 0.3 is 0 Å². The maximum Gasteiger partial charge on any atom is 0.189 e. The zero-order valence-electron chi connectivity index (χ0n) is 9.03. The summed E-state index contributed by atoms with van der Waals surface area (Å²) in [5, 5.41) is 16.1. The minimum absolute atomic E-state index is 0.142. The van der Waals surface area contributed by atoms with Crippen LogP contribution in [-0.2, 0) is 5.11 Å². The van der Waals surface area contributed by atoms with E-state index < -0.39 is 0 Å². The van der Waals surface area contributed by atoms with E-state index >= 15 is 0 Å². The van der Waals surface area contributed by atoms with Crippen LogP contribution in [0.4, 0.5) is 0 Å². The van der Waals surface area contributed by atoms with Crippen molar-refractivity contribution >= 4 is 21.5 Å². The lowest BCUT2D eigenvalue weighted by molar-refractivity contribution is 0.357. The predicted octanol–water partition coefficient (Wildman–Crippen LogP) is 4.45. The average Bonchev–Trinajstić information content (AvgIpc) is 2.32. The standard InChI is InChI=1S/C15H11O/c1-10-6-7-13-8-11-4-2-3-5-12(11)9-14(13)15(10)16/h2-9H,1H3. The van der Waals surface area contributed by atoms with Crippen molar-refractivity contribution in [1.29, 1.82) is 0 Å². The second-order valence-electron chi connectivity index (χ2n) is 4.13. The first-order chi connectivity index (χ1) is 7.75. The van der Waals surface area contributed by atoms with E-state index in [0.29, 0.717) is 0 Å². The van der Waals surface area contributed by atoms with Crippen molar-refractivity contribution in [2.75, 3.05) is 0 Å². The molecule has 77 valence electrons. The Morgan fingerprint density at radius 3 is 2.25 bits per heavy atom. The Morgan fingerprint density at radius 2 is 1.50 bits per heavy atom. The molecule has 0 bridgehead atoms. The van der Waals surface area contributed by atoms with Gasteiger partial charge in [0, 0.05) is 5.39 Å². The van der Waals surface area contributed by atoms with Crippen molar-refractivity contribution in [3.63, 3.8) is 0 Å². The molecule has 0 spiro atoms. The largest absolute Gasteiger partial charge is 0.289 e. The Bertz CT molecular complexity index is 683. The molecular formula is C15H11O. The van der Waals surface area contributed by atoms with Crippen LogP contribution < -0.4 is 0 Å². The van der Waals surface area contributed by atoms with E-state index in [4.69, 9.17) is 0 Å². The van der Waals surface area contributed by atoms with Gasteiger partial charge in [-0.2, -0.15) is 0 Å². The molecule has 16 heavy (non-hydrogen) atoms. The molecule has 1 heteroatoms. The van der Waals surface area contributed by atoms with Crippen molar-refractivity contribution < 1.29 is 5.11 Å². The van der Waals surface area contributed by atoms with Gasteiger partial charge in [-0.1, -0.05) is 36.4 Å². The summed E-state index contributed by atoms with van der Waals surface area (Å²) in [7, 11) is 0. The normalized spacial score (nSPS) is 11.1. The van der Waals surface area contributed by atoms with Crippen LogP contribution in [0.15, 0.2) is 48.5 Å². The molecule has 0 saturated carbocycles. The highest BCUT2D eigenvalue weighted by molar-refractivity contribution is 6.01. The van der Waals surface area contributed by atoms with Crippen molar-refractivity contribution in [3.05, 3.63) is 54.1 Å². The average molecular weight is 207 g/mol. The Morgan fingerprint density at radius 1 is 0.812 bits per heavy atom. The van der Waals surface area contributed by atoms with Crippen LogP contribution in [0.3, 0.4) is 0 Å². The van der Waals surface area contributed by atoms with Crippen molar-refractivity contribution in [1.82, 2.24) is 0 Å². The van der Waals surface area contributed by atoms with Gasteiger partial charge in [0.25, 0.3) is 0 Å². The Balaban J connectivity index is 2.51. The fourth-order valence-electron chi connectivity index (χ4n) is 2.10. The Kier molecular flexibility index (Phi) is 1.87. The third-order valence-corrected chi connectivity index (χ3v) is 3.03. The summed E-state index contributed by atoms with van der Waals surface area (Å²) in [5.74, 6) is 0.142. The third-order valence-electron chi connectivity index (χ3n) is 3.03. The number of aryl methyl sites for hydroxylation is 1. The van der Waals surface area contributed by atoms with E-state index in [-0.39, 0.29) is 5.75 Å². The molecule has 0 N–H and O–H groups in total. The lowest BCUT2D eigenvalue weighted by atomic mass is 10.0. The van der Waals surface area contributed by atoms with Gasteiger partial charge in [0.2, 0.25) is 0 Å². The summed E-state index contributed by atoms with van der Waals surface area (Å²) < 4.78 is 0. The summed E-state index contributed by atoms with van der Waals surface area (Å²) in [5.41, 5.74) is 0.808. The predicted molar refractivity (Wildman–Crippen MR) is 66.3 cm³/mol. The van der Waals surface area contributed by atoms with Gasteiger partial charge in [0.15, 0.2) is 5.75 Å². The Labute approximate surface area is 94.0 Å². The summed E-state index contributed by atoms with van der Waals surface area (Å²) >= 11 is 0. The molecule has 0 amide bonds. The molecule has 3 aromatic carbocycles. The molecule has 0 aliphatic carbocycles. The molecule has 0 heterocycles.